The maximum absolute atomic E-state index is 13.3. The van der Waals surface area contributed by atoms with Gasteiger partial charge in [-0.2, -0.15) is 0 Å². The van der Waals surface area contributed by atoms with Gasteiger partial charge in [0.25, 0.3) is 0 Å². The van der Waals surface area contributed by atoms with Gasteiger partial charge >= 0.3 is 5.97 Å². The van der Waals surface area contributed by atoms with Crippen LogP contribution in [0.4, 0.5) is 5.69 Å². The molecule has 1 heterocycles. The van der Waals surface area contributed by atoms with Crippen molar-refractivity contribution < 1.29 is 30.4 Å². The Bertz CT molecular complexity index is 1280. The lowest BCUT2D eigenvalue weighted by Gasteiger charge is -2.33. The summed E-state index contributed by atoms with van der Waals surface area (Å²) in [6.07, 6.45) is -1.48. The molecule has 184 valence electrons. The van der Waals surface area contributed by atoms with E-state index in [2.05, 4.69) is 5.32 Å². The van der Waals surface area contributed by atoms with Crippen molar-refractivity contribution in [3.05, 3.63) is 59.2 Å². The molecule has 0 radical (unpaired) electrons. The monoisotopic (exact) mass is 474 g/mol. The van der Waals surface area contributed by atoms with Crippen molar-refractivity contribution in [3.63, 3.8) is 0 Å². The van der Waals surface area contributed by atoms with E-state index in [-0.39, 0.29) is 30.7 Å². The van der Waals surface area contributed by atoms with Crippen LogP contribution in [-0.2, 0) is 11.2 Å². The predicted octanol–water partition coefficient (Wildman–Crippen LogP) is 5.61. The van der Waals surface area contributed by atoms with Crippen molar-refractivity contribution in [1.82, 2.24) is 5.32 Å². The number of nitrogens with one attached hydrogen (secondary N) is 1. The van der Waals surface area contributed by atoms with Crippen LogP contribution in [0.25, 0.3) is 0 Å². The number of hydrogen-bond donors (Lipinski definition) is 2. The molecule has 0 bridgehead atoms. The molecule has 0 aliphatic carbocycles. The largest absolute Gasteiger partial charge is 0.493 e. The van der Waals surface area contributed by atoms with Crippen molar-refractivity contribution in [1.29, 1.82) is 0 Å². The predicted molar refractivity (Wildman–Crippen MR) is 136 cm³/mol. The minimum Gasteiger partial charge on any atom is -0.493 e. The second-order valence-corrected chi connectivity index (χ2v) is 8.58. The maximum atomic E-state index is 13.3. The number of carboxylic acid groups (broad SMARTS) is 1. The number of benzene rings is 2. The topological polar surface area (TPSA) is 78.9 Å². The summed E-state index contributed by atoms with van der Waals surface area (Å²) in [7, 11) is 0. The molecule has 3 rings (SSSR count). The van der Waals surface area contributed by atoms with E-state index in [0.29, 0.717) is 29.7 Å². The summed E-state index contributed by atoms with van der Waals surface area (Å²) in [5.41, 5.74) is 0.845. The number of carbonyl (C=O) groups is 2. The molecule has 0 saturated carbocycles. The third-order valence-electron chi connectivity index (χ3n) is 5.39. The van der Waals surface area contributed by atoms with Gasteiger partial charge in [0.2, 0.25) is 5.91 Å². The summed E-state index contributed by atoms with van der Waals surface area (Å²) in [4.78, 5) is 26.2. The molecule has 1 amide bonds. The Balaban J connectivity index is 1.94. The first kappa shape index (κ1) is 16.6. The van der Waals surface area contributed by atoms with Crippen LogP contribution in [0.1, 0.15) is 91.3 Å². The van der Waals surface area contributed by atoms with E-state index < -0.39 is 49.6 Å². The van der Waals surface area contributed by atoms with Gasteiger partial charge in [0.15, 0.2) is 0 Å². The van der Waals surface area contributed by atoms with Gasteiger partial charge in [-0.1, -0.05) is 45.0 Å². The fraction of sp³-hybridized carbons (Fsp3) is 0.500. The fourth-order valence-electron chi connectivity index (χ4n) is 3.89. The van der Waals surface area contributed by atoms with Crippen LogP contribution in [0.5, 0.6) is 5.75 Å². The molecule has 0 aromatic heterocycles. The van der Waals surface area contributed by atoms with Crippen LogP contribution < -0.4 is 15.0 Å². The Labute approximate surface area is 214 Å². The first-order chi connectivity index (χ1) is 19.2. The first-order valence-electron chi connectivity index (χ1n) is 15.5. The number of carboxylic acids is 1. The Kier molecular flexibility index (Phi) is 6.07. The normalized spacial score (nSPS) is 21.9. The molecule has 1 saturated heterocycles. The highest BCUT2D eigenvalue weighted by Crippen LogP contribution is 2.32. The van der Waals surface area contributed by atoms with E-state index in [0.717, 1.165) is 6.92 Å². The fourth-order valence-corrected chi connectivity index (χ4v) is 3.89. The maximum Gasteiger partial charge on any atom is 0.339 e. The molecule has 2 aromatic carbocycles. The van der Waals surface area contributed by atoms with Crippen molar-refractivity contribution in [2.24, 2.45) is 5.92 Å². The van der Waals surface area contributed by atoms with E-state index in [9.17, 15) is 14.7 Å². The molecule has 0 spiro atoms. The Morgan fingerprint density at radius 1 is 1.18 bits per heavy atom. The third-order valence-corrected chi connectivity index (χ3v) is 5.39. The summed E-state index contributed by atoms with van der Waals surface area (Å²) in [5.74, 6) is -2.16. The average Bonchev–Trinajstić information content (AvgIpc) is 2.81. The van der Waals surface area contributed by atoms with Crippen LogP contribution in [0, 0.1) is 5.92 Å². The molecule has 1 atom stereocenters. The Hall–Kier alpha value is -3.02. The first-order valence-corrected chi connectivity index (χ1v) is 11.5. The molecular formula is C28H38N2O4. The Morgan fingerprint density at radius 2 is 1.91 bits per heavy atom. The molecular weight excluding hydrogens is 428 g/mol. The van der Waals surface area contributed by atoms with Gasteiger partial charge in [-0.15, -0.1) is 0 Å². The van der Waals surface area contributed by atoms with Crippen LogP contribution >= 0.6 is 0 Å². The number of anilines is 1. The average molecular weight is 475 g/mol. The van der Waals surface area contributed by atoms with Gasteiger partial charge in [-0.3, -0.25) is 4.79 Å². The number of piperidine rings is 1. The van der Waals surface area contributed by atoms with E-state index in [4.69, 9.17) is 15.7 Å². The minimum atomic E-state index is -2.85. The second kappa shape index (κ2) is 12.4. The summed E-state index contributed by atoms with van der Waals surface area (Å²) >= 11 is 0. The number of carbonyl (C=O) groups excluding carboxylic acids is 1. The summed E-state index contributed by atoms with van der Waals surface area (Å²) in [5, 5.41) is 12.5. The van der Waals surface area contributed by atoms with Crippen LogP contribution in [0.15, 0.2) is 42.5 Å². The van der Waals surface area contributed by atoms with Gasteiger partial charge in [-0.05, 0) is 67.3 Å². The molecule has 2 N–H and O–H groups in total. The van der Waals surface area contributed by atoms with E-state index >= 15 is 0 Å². The number of para-hydroxylation sites is 1. The quantitative estimate of drug-likeness (QED) is 0.442. The van der Waals surface area contributed by atoms with Crippen LogP contribution in [0.2, 0.25) is 0 Å². The van der Waals surface area contributed by atoms with E-state index in [1.807, 2.05) is 13.8 Å². The number of rotatable bonds is 11. The van der Waals surface area contributed by atoms with Crippen molar-refractivity contribution in [2.75, 3.05) is 24.5 Å². The van der Waals surface area contributed by atoms with Gasteiger partial charge < -0.3 is 20.1 Å². The zero-order chi connectivity index (χ0) is 31.7. The van der Waals surface area contributed by atoms with E-state index in [1.165, 1.54) is 23.1 Å². The highest BCUT2D eigenvalue weighted by Gasteiger charge is 2.23. The molecule has 1 aliphatic heterocycles. The van der Waals surface area contributed by atoms with Crippen molar-refractivity contribution in [2.45, 2.75) is 65.3 Å². The molecule has 1 aliphatic rings. The van der Waals surface area contributed by atoms with E-state index in [1.54, 1.807) is 24.3 Å². The van der Waals surface area contributed by atoms with Crippen molar-refractivity contribution in [3.8, 4) is 5.75 Å². The highest BCUT2D eigenvalue weighted by molar-refractivity contribution is 5.91. The summed E-state index contributed by atoms with van der Waals surface area (Å²) < 4.78 is 70.7. The second-order valence-electron chi connectivity index (χ2n) is 8.58. The van der Waals surface area contributed by atoms with Gasteiger partial charge in [0, 0.05) is 26.9 Å². The minimum absolute atomic E-state index is 0.111. The standard InChI is InChI=1S/C28H38N2O4/c1-4-16-34-26-18-21(12-13-23(26)28(32)33)19-27(31)29-24(17-20(2)3)22-10-6-7-11-25(22)30-14-8-5-9-15-30/h6-7,10-13,18,20,24H,4-5,8-9,14-17,19H2,1-3H3,(H,29,31)(H,32,33)/t24-/m0/s1/i4D2,14D2,15D2,16D2. The smallest absolute Gasteiger partial charge is 0.339 e. The number of aromatic carboxylic acids is 1. The molecule has 2 aromatic rings. The van der Waals surface area contributed by atoms with Crippen molar-refractivity contribution >= 4 is 17.6 Å². The number of nitrogens with zero attached hydrogens (tertiary/aromatic N) is 1. The lowest BCUT2D eigenvalue weighted by Crippen LogP contribution is -2.34. The van der Waals surface area contributed by atoms with Gasteiger partial charge in [0.1, 0.15) is 11.3 Å². The molecule has 0 unspecified atom stereocenters. The molecule has 1 fully saturated rings. The van der Waals surface area contributed by atoms with Crippen LogP contribution in [-0.4, -0.2) is 36.5 Å². The Morgan fingerprint density at radius 3 is 2.59 bits per heavy atom. The lowest BCUT2D eigenvalue weighted by molar-refractivity contribution is -0.121. The molecule has 6 heteroatoms. The number of hydrogen-bond acceptors (Lipinski definition) is 4. The summed E-state index contributed by atoms with van der Waals surface area (Å²) in [6.45, 7) is -1.82. The van der Waals surface area contributed by atoms with Gasteiger partial charge in [0.05, 0.1) is 21.8 Å². The third kappa shape index (κ3) is 6.99. The zero-order valence-corrected chi connectivity index (χ0v) is 19.9. The molecule has 6 nitrogen and oxygen atoms in total. The SMILES string of the molecule is [2H]C1([2H])CCCC([2H])([2H])N1c1ccccc1[C@H](CC(C)C)NC(=O)Cc1ccc(C(=O)O)c(OC([2H])([2H])C([2H])([2H])C)c1. The number of amides is 1. The summed E-state index contributed by atoms with van der Waals surface area (Å²) in [6, 6.07) is 10.0. The zero-order valence-electron chi connectivity index (χ0n) is 27.9. The number of ether oxygens (including phenoxy) is 1. The van der Waals surface area contributed by atoms with Crippen LogP contribution in [0.3, 0.4) is 0 Å². The highest BCUT2D eigenvalue weighted by atomic mass is 16.5. The lowest BCUT2D eigenvalue weighted by atomic mass is 9.94. The van der Waals surface area contributed by atoms with Gasteiger partial charge in [-0.25, -0.2) is 4.79 Å². The molecule has 34 heavy (non-hydrogen) atoms.